The van der Waals surface area contributed by atoms with E-state index in [4.69, 9.17) is 28.9 Å². The van der Waals surface area contributed by atoms with Crippen LogP contribution in [-0.4, -0.2) is 55.8 Å². The number of benzene rings is 2. The van der Waals surface area contributed by atoms with Crippen LogP contribution in [-0.2, 0) is 19.5 Å². The molecule has 0 amide bonds. The highest BCUT2D eigenvalue weighted by atomic mass is 16.5. The van der Waals surface area contributed by atoms with Crippen molar-refractivity contribution < 1.29 is 18.9 Å². The monoisotopic (exact) mass is 504 g/mol. The molecule has 0 saturated carbocycles. The van der Waals surface area contributed by atoms with Crippen LogP contribution in [0.2, 0.25) is 0 Å². The molecule has 0 radical (unpaired) electrons. The lowest BCUT2D eigenvalue weighted by Crippen LogP contribution is -2.36. The summed E-state index contributed by atoms with van der Waals surface area (Å²) < 4.78 is 22.9. The van der Waals surface area contributed by atoms with Gasteiger partial charge in [-0.1, -0.05) is 19.1 Å². The van der Waals surface area contributed by atoms with Gasteiger partial charge in [0.1, 0.15) is 11.5 Å². The number of anilines is 1. The van der Waals surface area contributed by atoms with E-state index in [2.05, 4.69) is 28.9 Å². The molecule has 5 rings (SSSR count). The van der Waals surface area contributed by atoms with Crippen LogP contribution in [0.5, 0.6) is 28.9 Å². The Morgan fingerprint density at radius 2 is 1.57 bits per heavy atom. The Balaban J connectivity index is 1.45. The maximum absolute atomic E-state index is 6.45. The number of rotatable bonds is 8. The third kappa shape index (κ3) is 5.74. The van der Waals surface area contributed by atoms with Crippen LogP contribution in [0.25, 0.3) is 0 Å². The van der Waals surface area contributed by atoms with Crippen LogP contribution in [0, 0.1) is 5.92 Å². The number of aromatic nitrogens is 2. The lowest BCUT2D eigenvalue weighted by molar-refractivity contribution is 0.237. The number of fused-ring (bicyclic) bond motifs is 1. The molecule has 0 unspecified atom stereocenters. The standard InChI is InChI=1S/C29H36N4O4/c1-20-9-13-33(14-10-20)29-30-25-11-12-32(18-21-15-22(34-2)17-23(16-21)35-3)19-24(25)28(31-29)37-27-8-6-5-7-26(27)36-4/h5-8,15-17,20H,9-14,18-19H2,1-4H3. The fourth-order valence-corrected chi connectivity index (χ4v) is 5.02. The first-order valence-electron chi connectivity index (χ1n) is 13.0. The number of para-hydroxylation sites is 2. The van der Waals surface area contributed by atoms with Gasteiger partial charge in [-0.2, -0.15) is 4.98 Å². The fraction of sp³-hybridized carbons (Fsp3) is 0.448. The molecular formula is C29H36N4O4. The number of piperidine rings is 1. The third-order valence-corrected chi connectivity index (χ3v) is 7.25. The van der Waals surface area contributed by atoms with E-state index in [0.29, 0.717) is 23.9 Å². The molecule has 1 fully saturated rings. The van der Waals surface area contributed by atoms with Gasteiger partial charge in [0.2, 0.25) is 11.8 Å². The normalized spacial score (nSPS) is 16.3. The summed E-state index contributed by atoms with van der Waals surface area (Å²) in [6, 6.07) is 13.7. The minimum atomic E-state index is 0.607. The van der Waals surface area contributed by atoms with Crippen LogP contribution in [0.3, 0.4) is 0 Å². The smallest absolute Gasteiger partial charge is 0.229 e. The van der Waals surface area contributed by atoms with Crippen LogP contribution >= 0.6 is 0 Å². The molecule has 8 heteroatoms. The van der Waals surface area contributed by atoms with Crippen LogP contribution < -0.4 is 23.8 Å². The van der Waals surface area contributed by atoms with Gasteiger partial charge in [-0.15, -0.1) is 0 Å². The first-order chi connectivity index (χ1) is 18.1. The largest absolute Gasteiger partial charge is 0.497 e. The second kappa shape index (κ2) is 11.3. The van der Waals surface area contributed by atoms with E-state index in [1.54, 1.807) is 21.3 Å². The Hall–Kier alpha value is -3.52. The summed E-state index contributed by atoms with van der Waals surface area (Å²) in [5.41, 5.74) is 3.22. The van der Waals surface area contributed by atoms with Crippen LogP contribution in [0.4, 0.5) is 5.95 Å². The Bertz CT molecular complexity index is 1200. The maximum Gasteiger partial charge on any atom is 0.229 e. The average molecular weight is 505 g/mol. The topological polar surface area (TPSA) is 69.2 Å². The molecule has 2 aliphatic rings. The lowest BCUT2D eigenvalue weighted by Gasteiger charge is -2.33. The number of ether oxygens (including phenoxy) is 4. The highest BCUT2D eigenvalue weighted by Crippen LogP contribution is 2.36. The number of hydrogen-bond acceptors (Lipinski definition) is 8. The minimum absolute atomic E-state index is 0.607. The van der Waals surface area contributed by atoms with Crippen molar-refractivity contribution in [3.63, 3.8) is 0 Å². The summed E-state index contributed by atoms with van der Waals surface area (Å²) in [6.45, 7) is 6.60. The van der Waals surface area contributed by atoms with Gasteiger partial charge in [0.15, 0.2) is 11.5 Å². The molecule has 2 aromatic carbocycles. The molecule has 37 heavy (non-hydrogen) atoms. The first-order valence-corrected chi connectivity index (χ1v) is 13.0. The Morgan fingerprint density at radius 3 is 2.24 bits per heavy atom. The summed E-state index contributed by atoms with van der Waals surface area (Å²) in [5.74, 6) is 5.02. The molecule has 8 nitrogen and oxygen atoms in total. The van der Waals surface area contributed by atoms with Gasteiger partial charge in [-0.3, -0.25) is 4.90 Å². The van der Waals surface area contributed by atoms with Gasteiger partial charge in [0.25, 0.3) is 0 Å². The molecule has 1 saturated heterocycles. The average Bonchev–Trinajstić information content (AvgIpc) is 2.93. The molecule has 1 aromatic heterocycles. The summed E-state index contributed by atoms with van der Waals surface area (Å²) in [7, 11) is 5.01. The quantitative estimate of drug-likeness (QED) is 0.420. The maximum atomic E-state index is 6.45. The lowest BCUT2D eigenvalue weighted by atomic mass is 9.99. The first kappa shape index (κ1) is 25.1. The molecule has 2 aliphatic heterocycles. The fourth-order valence-electron chi connectivity index (χ4n) is 5.02. The highest BCUT2D eigenvalue weighted by Gasteiger charge is 2.27. The van der Waals surface area contributed by atoms with Crippen molar-refractivity contribution in [1.29, 1.82) is 0 Å². The van der Waals surface area contributed by atoms with Crippen molar-refractivity contribution in [2.24, 2.45) is 5.92 Å². The van der Waals surface area contributed by atoms with E-state index in [9.17, 15) is 0 Å². The van der Waals surface area contributed by atoms with Crippen molar-refractivity contribution in [2.75, 3.05) is 45.9 Å². The third-order valence-electron chi connectivity index (χ3n) is 7.25. The highest BCUT2D eigenvalue weighted by molar-refractivity contribution is 5.47. The summed E-state index contributed by atoms with van der Waals surface area (Å²) in [6.07, 6.45) is 3.14. The summed E-state index contributed by atoms with van der Waals surface area (Å²) in [5, 5.41) is 0. The van der Waals surface area contributed by atoms with Gasteiger partial charge in [-0.25, -0.2) is 4.98 Å². The van der Waals surface area contributed by atoms with E-state index in [0.717, 1.165) is 85.6 Å². The second-order valence-corrected chi connectivity index (χ2v) is 9.86. The van der Waals surface area contributed by atoms with E-state index in [-0.39, 0.29) is 0 Å². The number of nitrogens with zero attached hydrogens (tertiary/aromatic N) is 4. The van der Waals surface area contributed by atoms with E-state index < -0.39 is 0 Å². The summed E-state index contributed by atoms with van der Waals surface area (Å²) in [4.78, 5) is 14.7. The van der Waals surface area contributed by atoms with Crippen LogP contribution in [0.15, 0.2) is 42.5 Å². The zero-order chi connectivity index (χ0) is 25.8. The molecule has 0 spiro atoms. The molecule has 0 atom stereocenters. The molecule has 0 N–H and O–H groups in total. The van der Waals surface area contributed by atoms with Crippen molar-refractivity contribution in [3.8, 4) is 28.9 Å². The molecule has 3 heterocycles. The molecule has 0 aliphatic carbocycles. The Kier molecular flexibility index (Phi) is 7.65. The zero-order valence-corrected chi connectivity index (χ0v) is 22.2. The predicted octanol–water partition coefficient (Wildman–Crippen LogP) is 5.09. The Morgan fingerprint density at radius 1 is 0.865 bits per heavy atom. The SMILES string of the molecule is COc1cc(CN2CCc3nc(N4CCC(C)CC4)nc(Oc4ccccc4OC)c3C2)cc(OC)c1. The van der Waals surface area contributed by atoms with Crippen molar-refractivity contribution in [3.05, 3.63) is 59.3 Å². The summed E-state index contributed by atoms with van der Waals surface area (Å²) >= 11 is 0. The zero-order valence-electron chi connectivity index (χ0n) is 22.2. The van der Waals surface area contributed by atoms with Crippen LogP contribution in [0.1, 0.15) is 36.6 Å². The molecule has 196 valence electrons. The number of methoxy groups -OCH3 is 3. The van der Waals surface area contributed by atoms with Crippen molar-refractivity contribution in [2.45, 2.75) is 39.3 Å². The van der Waals surface area contributed by atoms with Gasteiger partial charge in [-0.05, 0) is 48.6 Å². The van der Waals surface area contributed by atoms with Gasteiger partial charge in [0, 0.05) is 45.2 Å². The van der Waals surface area contributed by atoms with E-state index in [1.807, 2.05) is 30.3 Å². The number of hydrogen-bond donors (Lipinski definition) is 0. The second-order valence-electron chi connectivity index (χ2n) is 9.86. The molecule has 0 bridgehead atoms. The van der Waals surface area contributed by atoms with E-state index in [1.165, 1.54) is 0 Å². The Labute approximate surface area is 219 Å². The molecule has 3 aromatic rings. The van der Waals surface area contributed by atoms with Crippen molar-refractivity contribution in [1.82, 2.24) is 14.9 Å². The van der Waals surface area contributed by atoms with Crippen molar-refractivity contribution >= 4 is 5.95 Å². The minimum Gasteiger partial charge on any atom is -0.497 e. The van der Waals surface area contributed by atoms with Gasteiger partial charge in [0.05, 0.1) is 32.6 Å². The predicted molar refractivity (Wildman–Crippen MR) is 143 cm³/mol. The van der Waals surface area contributed by atoms with Gasteiger partial charge >= 0.3 is 0 Å². The molecular weight excluding hydrogens is 468 g/mol. The van der Waals surface area contributed by atoms with Gasteiger partial charge < -0.3 is 23.8 Å². The van der Waals surface area contributed by atoms with E-state index >= 15 is 0 Å².